The number of rotatable bonds is 4. The zero-order valence-electron chi connectivity index (χ0n) is 11.3. The van der Waals surface area contributed by atoms with Crippen LogP contribution >= 0.6 is 11.6 Å². The second-order valence-corrected chi connectivity index (χ2v) is 5.29. The van der Waals surface area contributed by atoms with Gasteiger partial charge < -0.3 is 9.72 Å². The van der Waals surface area contributed by atoms with Gasteiger partial charge in [-0.3, -0.25) is 0 Å². The van der Waals surface area contributed by atoms with E-state index < -0.39 is 0 Å². The van der Waals surface area contributed by atoms with Crippen molar-refractivity contribution in [2.24, 2.45) is 0 Å². The summed E-state index contributed by atoms with van der Waals surface area (Å²) in [5.74, 6) is 0. The van der Waals surface area contributed by atoms with Crippen LogP contribution in [-0.4, -0.2) is 9.38 Å². The van der Waals surface area contributed by atoms with E-state index in [1.165, 1.54) is 5.56 Å². The average Bonchev–Trinajstić information content (AvgIpc) is 2.87. The number of fused-ring (bicyclic) bond motifs is 1. The lowest BCUT2D eigenvalue weighted by Crippen LogP contribution is -2.18. The number of halogens is 1. The highest BCUT2D eigenvalue weighted by molar-refractivity contribution is 6.30. The Labute approximate surface area is 123 Å². The number of hydrogen-bond donors (Lipinski definition) is 1. The minimum Gasteiger partial charge on any atom is -0.307 e. The molecular formula is C16H16ClN3. The number of nitrogens with one attached hydrogen (secondary N) is 1. The van der Waals surface area contributed by atoms with Crippen LogP contribution in [0.3, 0.4) is 0 Å². The summed E-state index contributed by atoms with van der Waals surface area (Å²) in [4.78, 5) is 4.57. The predicted molar refractivity (Wildman–Crippen MR) is 81.9 cm³/mol. The molecule has 0 aliphatic carbocycles. The van der Waals surface area contributed by atoms with Gasteiger partial charge in [0.05, 0.1) is 5.69 Å². The Morgan fingerprint density at radius 3 is 2.95 bits per heavy atom. The van der Waals surface area contributed by atoms with Crippen molar-refractivity contribution in [3.63, 3.8) is 0 Å². The van der Waals surface area contributed by atoms with Crippen molar-refractivity contribution in [1.29, 1.82) is 0 Å². The molecule has 2 aromatic heterocycles. The van der Waals surface area contributed by atoms with Crippen molar-refractivity contribution in [3.8, 4) is 0 Å². The maximum Gasteiger partial charge on any atom is 0.137 e. The van der Waals surface area contributed by atoms with Crippen LogP contribution < -0.4 is 5.32 Å². The summed E-state index contributed by atoms with van der Waals surface area (Å²) in [5, 5.41) is 4.24. The van der Waals surface area contributed by atoms with E-state index in [-0.39, 0.29) is 6.04 Å². The Balaban J connectivity index is 1.69. The number of aromatic nitrogens is 2. The largest absolute Gasteiger partial charge is 0.307 e. The molecular weight excluding hydrogens is 270 g/mol. The SMILES string of the molecule is C[C@H](NCc1cn2ccccc2n1)c1cccc(Cl)c1. The van der Waals surface area contributed by atoms with Gasteiger partial charge in [0.25, 0.3) is 0 Å². The van der Waals surface area contributed by atoms with Gasteiger partial charge in [-0.15, -0.1) is 0 Å². The molecule has 0 aliphatic heterocycles. The predicted octanol–water partition coefficient (Wildman–Crippen LogP) is 3.84. The van der Waals surface area contributed by atoms with Gasteiger partial charge in [-0.05, 0) is 36.8 Å². The van der Waals surface area contributed by atoms with Crippen LogP contribution in [0.2, 0.25) is 5.02 Å². The lowest BCUT2D eigenvalue weighted by atomic mass is 10.1. The molecule has 0 amide bonds. The second kappa shape index (κ2) is 5.65. The lowest BCUT2D eigenvalue weighted by molar-refractivity contribution is 0.569. The van der Waals surface area contributed by atoms with Crippen LogP contribution in [0, 0.1) is 0 Å². The molecule has 0 radical (unpaired) electrons. The number of nitrogens with zero attached hydrogens (tertiary/aromatic N) is 2. The first-order valence-corrected chi connectivity index (χ1v) is 7.01. The molecule has 0 fully saturated rings. The van der Waals surface area contributed by atoms with E-state index in [1.54, 1.807) is 0 Å². The van der Waals surface area contributed by atoms with Crippen LogP contribution in [-0.2, 0) is 6.54 Å². The van der Waals surface area contributed by atoms with Gasteiger partial charge in [-0.25, -0.2) is 4.98 Å². The summed E-state index contributed by atoms with van der Waals surface area (Å²) < 4.78 is 2.03. The van der Waals surface area contributed by atoms with Crippen LogP contribution in [0.15, 0.2) is 54.9 Å². The summed E-state index contributed by atoms with van der Waals surface area (Å²) in [6.45, 7) is 2.86. The Hall–Kier alpha value is -1.84. The first kappa shape index (κ1) is 13.2. The van der Waals surface area contributed by atoms with Crippen molar-refractivity contribution < 1.29 is 0 Å². The van der Waals surface area contributed by atoms with Crippen molar-refractivity contribution in [2.45, 2.75) is 19.5 Å². The molecule has 0 aliphatic rings. The van der Waals surface area contributed by atoms with E-state index in [4.69, 9.17) is 11.6 Å². The third-order valence-corrected chi connectivity index (χ3v) is 3.59. The highest BCUT2D eigenvalue weighted by atomic mass is 35.5. The van der Waals surface area contributed by atoms with Crippen molar-refractivity contribution >= 4 is 17.2 Å². The normalized spacial score (nSPS) is 12.7. The van der Waals surface area contributed by atoms with Gasteiger partial charge in [-0.2, -0.15) is 0 Å². The van der Waals surface area contributed by atoms with Gasteiger partial charge >= 0.3 is 0 Å². The number of hydrogen-bond acceptors (Lipinski definition) is 2. The van der Waals surface area contributed by atoms with Crippen LogP contribution in [0.25, 0.3) is 5.65 Å². The van der Waals surface area contributed by atoms with E-state index in [2.05, 4.69) is 23.3 Å². The van der Waals surface area contributed by atoms with Crippen molar-refractivity contribution in [2.75, 3.05) is 0 Å². The molecule has 20 heavy (non-hydrogen) atoms. The Morgan fingerprint density at radius 1 is 1.25 bits per heavy atom. The van der Waals surface area contributed by atoms with E-state index in [1.807, 2.05) is 53.2 Å². The molecule has 1 aromatic carbocycles. The molecule has 0 saturated carbocycles. The molecule has 3 nitrogen and oxygen atoms in total. The Bertz CT molecular complexity index is 687. The summed E-state index contributed by atoms with van der Waals surface area (Å²) in [6.07, 6.45) is 4.05. The molecule has 2 heterocycles. The monoisotopic (exact) mass is 285 g/mol. The minimum atomic E-state index is 0.235. The van der Waals surface area contributed by atoms with Crippen molar-refractivity contribution in [1.82, 2.24) is 14.7 Å². The summed E-state index contributed by atoms with van der Waals surface area (Å²) in [5.41, 5.74) is 3.19. The topological polar surface area (TPSA) is 29.3 Å². The van der Waals surface area contributed by atoms with E-state index in [0.717, 1.165) is 22.9 Å². The average molecular weight is 286 g/mol. The second-order valence-electron chi connectivity index (χ2n) is 4.86. The molecule has 0 spiro atoms. The minimum absolute atomic E-state index is 0.235. The van der Waals surface area contributed by atoms with Gasteiger partial charge in [0.1, 0.15) is 5.65 Å². The fourth-order valence-electron chi connectivity index (χ4n) is 2.22. The molecule has 0 saturated heterocycles. The third-order valence-electron chi connectivity index (χ3n) is 3.35. The van der Waals surface area contributed by atoms with E-state index >= 15 is 0 Å². The highest BCUT2D eigenvalue weighted by Crippen LogP contribution is 2.17. The first-order chi connectivity index (χ1) is 9.72. The van der Waals surface area contributed by atoms with Gasteiger partial charge in [0, 0.05) is 30.0 Å². The molecule has 3 aromatic rings. The molecule has 0 bridgehead atoms. The quantitative estimate of drug-likeness (QED) is 0.789. The van der Waals surface area contributed by atoms with Gasteiger partial charge in [0.2, 0.25) is 0 Å². The Morgan fingerprint density at radius 2 is 2.15 bits per heavy atom. The number of imidazole rings is 1. The molecule has 3 rings (SSSR count). The molecule has 1 N–H and O–H groups in total. The molecule has 102 valence electrons. The number of pyridine rings is 1. The summed E-state index contributed by atoms with van der Waals surface area (Å²) in [7, 11) is 0. The lowest BCUT2D eigenvalue weighted by Gasteiger charge is -2.13. The maximum atomic E-state index is 6.02. The fourth-order valence-corrected chi connectivity index (χ4v) is 2.42. The summed E-state index contributed by atoms with van der Waals surface area (Å²) in [6, 6.07) is 14.2. The summed E-state index contributed by atoms with van der Waals surface area (Å²) >= 11 is 6.02. The molecule has 4 heteroatoms. The number of benzene rings is 1. The fraction of sp³-hybridized carbons (Fsp3) is 0.188. The smallest absolute Gasteiger partial charge is 0.137 e. The zero-order valence-corrected chi connectivity index (χ0v) is 12.0. The first-order valence-electron chi connectivity index (χ1n) is 6.64. The van der Waals surface area contributed by atoms with Crippen LogP contribution in [0.5, 0.6) is 0 Å². The Kier molecular flexibility index (Phi) is 3.72. The molecule has 0 unspecified atom stereocenters. The van der Waals surface area contributed by atoms with E-state index in [0.29, 0.717) is 0 Å². The maximum absolute atomic E-state index is 6.02. The molecule has 1 atom stereocenters. The zero-order chi connectivity index (χ0) is 13.9. The third kappa shape index (κ3) is 2.84. The van der Waals surface area contributed by atoms with Crippen LogP contribution in [0.1, 0.15) is 24.2 Å². The van der Waals surface area contributed by atoms with Crippen molar-refractivity contribution in [3.05, 3.63) is 71.1 Å². The van der Waals surface area contributed by atoms with Gasteiger partial charge in [-0.1, -0.05) is 29.8 Å². The van der Waals surface area contributed by atoms with Crippen LogP contribution in [0.4, 0.5) is 0 Å². The van der Waals surface area contributed by atoms with E-state index in [9.17, 15) is 0 Å². The van der Waals surface area contributed by atoms with Gasteiger partial charge in [0.15, 0.2) is 0 Å². The highest BCUT2D eigenvalue weighted by Gasteiger charge is 2.07. The standard InChI is InChI=1S/C16H16ClN3/c1-12(13-5-4-6-14(17)9-13)18-10-15-11-20-8-3-2-7-16(20)19-15/h2-9,11-12,18H,10H2,1H3/t12-/m0/s1.